The number of aliphatic carboxylic acids is 1. The number of benzene rings is 2. The van der Waals surface area contributed by atoms with E-state index < -0.39 is 12.0 Å². The third kappa shape index (κ3) is 8.11. The topological polar surface area (TPSA) is 87.7 Å². The van der Waals surface area contributed by atoms with Crippen LogP contribution >= 0.6 is 12.4 Å². The summed E-state index contributed by atoms with van der Waals surface area (Å²) in [6.07, 6.45) is 1.21. The summed E-state index contributed by atoms with van der Waals surface area (Å²) >= 11 is 0. The van der Waals surface area contributed by atoms with Crippen molar-refractivity contribution in [3.63, 3.8) is 0 Å². The van der Waals surface area contributed by atoms with E-state index in [4.69, 9.17) is 9.84 Å². The highest BCUT2D eigenvalue weighted by atomic mass is 35.5. The van der Waals surface area contributed by atoms with E-state index in [1.165, 1.54) is 0 Å². The van der Waals surface area contributed by atoms with Crippen LogP contribution in [0.5, 0.6) is 5.75 Å². The lowest BCUT2D eigenvalue weighted by Gasteiger charge is -2.13. The molecule has 7 heteroatoms. The van der Waals surface area contributed by atoms with Gasteiger partial charge in [0.2, 0.25) is 5.91 Å². The summed E-state index contributed by atoms with van der Waals surface area (Å²) in [5.41, 5.74) is 1.71. The van der Waals surface area contributed by atoms with Crippen LogP contribution in [0.4, 0.5) is 5.69 Å². The molecular formula is C20H25ClN2O4. The van der Waals surface area contributed by atoms with Crippen LogP contribution in [0.3, 0.4) is 0 Å². The number of rotatable bonds is 10. The lowest BCUT2D eigenvalue weighted by molar-refractivity contribution is -0.139. The van der Waals surface area contributed by atoms with Crippen molar-refractivity contribution in [2.45, 2.75) is 32.4 Å². The summed E-state index contributed by atoms with van der Waals surface area (Å²) in [6, 6.07) is 16.2. The Morgan fingerprint density at radius 3 is 2.33 bits per heavy atom. The SMILES string of the molecule is CCCC(NCC(=O)Nc1ccc(OCc2ccccc2)cc1)C(=O)O.Cl. The molecule has 0 aliphatic rings. The maximum atomic E-state index is 11.9. The molecule has 0 saturated carbocycles. The molecule has 0 radical (unpaired) electrons. The van der Waals surface area contributed by atoms with Crippen LogP contribution in [0.1, 0.15) is 25.3 Å². The Morgan fingerprint density at radius 2 is 1.74 bits per heavy atom. The smallest absolute Gasteiger partial charge is 0.320 e. The van der Waals surface area contributed by atoms with E-state index in [1.54, 1.807) is 24.3 Å². The molecule has 1 amide bonds. The Morgan fingerprint density at radius 1 is 1.07 bits per heavy atom. The van der Waals surface area contributed by atoms with E-state index in [0.717, 1.165) is 12.0 Å². The van der Waals surface area contributed by atoms with E-state index in [1.807, 2.05) is 37.3 Å². The molecule has 146 valence electrons. The van der Waals surface area contributed by atoms with E-state index in [2.05, 4.69) is 10.6 Å². The fourth-order valence-corrected chi connectivity index (χ4v) is 2.40. The molecule has 1 unspecified atom stereocenters. The molecule has 3 N–H and O–H groups in total. The summed E-state index contributed by atoms with van der Waals surface area (Å²) in [7, 11) is 0. The van der Waals surface area contributed by atoms with Gasteiger partial charge in [-0.3, -0.25) is 14.9 Å². The van der Waals surface area contributed by atoms with E-state index in [0.29, 0.717) is 24.5 Å². The molecule has 0 aliphatic heterocycles. The van der Waals surface area contributed by atoms with Gasteiger partial charge in [0.25, 0.3) is 0 Å². The molecule has 0 aliphatic carbocycles. The molecule has 6 nitrogen and oxygen atoms in total. The van der Waals surface area contributed by atoms with Crippen molar-refractivity contribution in [3.8, 4) is 5.75 Å². The summed E-state index contributed by atoms with van der Waals surface area (Å²) in [6.45, 7) is 2.33. The lowest BCUT2D eigenvalue weighted by Crippen LogP contribution is -2.41. The van der Waals surface area contributed by atoms with Crippen molar-refractivity contribution in [2.24, 2.45) is 0 Å². The standard InChI is InChI=1S/C20H24N2O4.ClH/c1-2-6-18(20(24)25)21-13-19(23)22-16-9-11-17(12-10-16)26-14-15-7-4-3-5-8-15;/h3-5,7-12,18,21H,2,6,13-14H2,1H3,(H,22,23)(H,24,25);1H. The van der Waals surface area contributed by atoms with Crippen LogP contribution in [0.15, 0.2) is 54.6 Å². The number of nitrogens with one attached hydrogen (secondary N) is 2. The van der Waals surface area contributed by atoms with Gasteiger partial charge in [-0.15, -0.1) is 12.4 Å². The highest BCUT2D eigenvalue weighted by Gasteiger charge is 2.16. The molecule has 0 spiro atoms. The average Bonchev–Trinajstić information content (AvgIpc) is 2.65. The number of hydrogen-bond acceptors (Lipinski definition) is 4. The molecular weight excluding hydrogens is 368 g/mol. The average molecular weight is 393 g/mol. The predicted molar refractivity (Wildman–Crippen MR) is 107 cm³/mol. The Kier molecular flexibility index (Phi) is 9.93. The Balaban J connectivity index is 0.00000364. The van der Waals surface area contributed by atoms with E-state index >= 15 is 0 Å². The van der Waals surface area contributed by atoms with Crippen LogP contribution in [-0.4, -0.2) is 29.6 Å². The summed E-state index contributed by atoms with van der Waals surface area (Å²) in [5.74, 6) is -0.524. The third-order valence-electron chi connectivity index (χ3n) is 3.77. The minimum absolute atomic E-state index is 0. The van der Waals surface area contributed by atoms with Crippen molar-refractivity contribution in [1.29, 1.82) is 0 Å². The number of hydrogen-bond donors (Lipinski definition) is 3. The second kappa shape index (κ2) is 11.9. The Hall–Kier alpha value is -2.57. The second-order valence-electron chi connectivity index (χ2n) is 5.91. The van der Waals surface area contributed by atoms with Crippen molar-refractivity contribution in [3.05, 3.63) is 60.2 Å². The van der Waals surface area contributed by atoms with Gasteiger partial charge in [0.1, 0.15) is 18.4 Å². The Bertz CT molecular complexity index is 708. The van der Waals surface area contributed by atoms with Crippen LogP contribution < -0.4 is 15.4 Å². The maximum absolute atomic E-state index is 11.9. The van der Waals surface area contributed by atoms with Crippen molar-refractivity contribution in [2.75, 3.05) is 11.9 Å². The molecule has 0 heterocycles. The van der Waals surface area contributed by atoms with E-state index in [9.17, 15) is 9.59 Å². The maximum Gasteiger partial charge on any atom is 0.320 e. The molecule has 2 aromatic rings. The first-order valence-electron chi connectivity index (χ1n) is 8.61. The summed E-state index contributed by atoms with van der Waals surface area (Å²) in [5, 5.41) is 14.5. The van der Waals surface area contributed by atoms with Crippen molar-refractivity contribution < 1.29 is 19.4 Å². The number of anilines is 1. The number of amides is 1. The van der Waals surface area contributed by atoms with Crippen molar-refractivity contribution >= 4 is 30.0 Å². The first-order valence-corrected chi connectivity index (χ1v) is 8.61. The fourth-order valence-electron chi connectivity index (χ4n) is 2.40. The van der Waals surface area contributed by atoms with Crippen LogP contribution in [0.25, 0.3) is 0 Å². The zero-order chi connectivity index (χ0) is 18.8. The van der Waals surface area contributed by atoms with Crippen LogP contribution in [-0.2, 0) is 16.2 Å². The minimum Gasteiger partial charge on any atom is -0.489 e. The van der Waals surface area contributed by atoms with Gasteiger partial charge in [-0.25, -0.2) is 0 Å². The first kappa shape index (κ1) is 22.5. The zero-order valence-electron chi connectivity index (χ0n) is 15.2. The summed E-state index contributed by atoms with van der Waals surface area (Å²) < 4.78 is 5.69. The minimum atomic E-state index is -0.945. The van der Waals surface area contributed by atoms with Crippen LogP contribution in [0, 0.1) is 0 Å². The molecule has 2 aromatic carbocycles. The van der Waals surface area contributed by atoms with E-state index in [-0.39, 0.29) is 24.9 Å². The first-order chi connectivity index (χ1) is 12.6. The number of carbonyl (C=O) groups excluding carboxylic acids is 1. The summed E-state index contributed by atoms with van der Waals surface area (Å²) in [4.78, 5) is 23.0. The molecule has 1 atom stereocenters. The normalized spacial score (nSPS) is 11.1. The predicted octanol–water partition coefficient (Wildman–Crippen LogP) is 3.47. The second-order valence-corrected chi connectivity index (χ2v) is 5.91. The number of halogens is 1. The molecule has 2 rings (SSSR count). The zero-order valence-corrected chi connectivity index (χ0v) is 16.0. The number of ether oxygens (including phenoxy) is 1. The molecule has 27 heavy (non-hydrogen) atoms. The monoisotopic (exact) mass is 392 g/mol. The number of carbonyl (C=O) groups is 2. The van der Waals surface area contributed by atoms with Gasteiger partial charge in [-0.2, -0.15) is 0 Å². The highest BCUT2D eigenvalue weighted by molar-refractivity contribution is 5.92. The largest absolute Gasteiger partial charge is 0.489 e. The van der Waals surface area contributed by atoms with Gasteiger partial charge in [-0.05, 0) is 36.2 Å². The van der Waals surface area contributed by atoms with Gasteiger partial charge in [0.15, 0.2) is 0 Å². The third-order valence-corrected chi connectivity index (χ3v) is 3.77. The van der Waals surface area contributed by atoms with Gasteiger partial charge in [0.05, 0.1) is 6.54 Å². The molecule has 0 bridgehead atoms. The Labute approximate surface area is 165 Å². The van der Waals surface area contributed by atoms with Gasteiger partial charge >= 0.3 is 5.97 Å². The van der Waals surface area contributed by atoms with Crippen molar-refractivity contribution in [1.82, 2.24) is 5.32 Å². The fraction of sp³-hybridized carbons (Fsp3) is 0.300. The van der Waals surface area contributed by atoms with Gasteiger partial charge < -0.3 is 15.2 Å². The van der Waals surface area contributed by atoms with Crippen LogP contribution in [0.2, 0.25) is 0 Å². The highest BCUT2D eigenvalue weighted by Crippen LogP contribution is 2.17. The van der Waals surface area contributed by atoms with Gasteiger partial charge in [0, 0.05) is 5.69 Å². The number of carboxylic acid groups (broad SMARTS) is 1. The molecule has 0 saturated heterocycles. The quantitative estimate of drug-likeness (QED) is 0.576. The molecule has 0 fully saturated rings. The number of carboxylic acids is 1. The lowest BCUT2D eigenvalue weighted by atomic mass is 10.2. The van der Waals surface area contributed by atoms with Gasteiger partial charge in [-0.1, -0.05) is 43.7 Å². The molecule has 0 aromatic heterocycles.